The molecule has 7 heteroatoms. The molecule has 0 radical (unpaired) electrons. The van der Waals surface area contributed by atoms with Gasteiger partial charge < -0.3 is 9.88 Å². The molecule has 0 bridgehead atoms. The highest BCUT2D eigenvalue weighted by Gasteiger charge is 2.25. The molecule has 1 amide bonds. The molecule has 2 aromatic heterocycles. The van der Waals surface area contributed by atoms with E-state index in [1.165, 1.54) is 4.52 Å². The van der Waals surface area contributed by atoms with Gasteiger partial charge in [-0.1, -0.05) is 47.5 Å². The van der Waals surface area contributed by atoms with Crippen LogP contribution in [0.3, 0.4) is 0 Å². The summed E-state index contributed by atoms with van der Waals surface area (Å²) in [5.41, 5.74) is 5.33. The van der Waals surface area contributed by atoms with Crippen LogP contribution in [0.5, 0.6) is 0 Å². The minimum Gasteiger partial charge on any atom is -0.325 e. The van der Waals surface area contributed by atoms with Gasteiger partial charge in [0.05, 0.1) is 0 Å². The Morgan fingerprint density at radius 1 is 1.00 bits per heavy atom. The van der Waals surface area contributed by atoms with Crippen molar-refractivity contribution in [3.8, 4) is 11.4 Å². The lowest BCUT2D eigenvalue weighted by atomic mass is 10.1. The van der Waals surface area contributed by atoms with Crippen LogP contribution in [0.15, 0.2) is 53.3 Å². The van der Waals surface area contributed by atoms with Gasteiger partial charge >= 0.3 is 0 Å². The molecule has 0 aliphatic heterocycles. The zero-order chi connectivity index (χ0) is 21.5. The van der Waals surface area contributed by atoms with Gasteiger partial charge in [-0.05, 0) is 45.2 Å². The molecule has 5 rings (SSSR count). The van der Waals surface area contributed by atoms with Gasteiger partial charge in [0.25, 0.3) is 5.56 Å². The van der Waals surface area contributed by atoms with Crippen LogP contribution >= 0.6 is 0 Å². The van der Waals surface area contributed by atoms with Crippen molar-refractivity contribution in [3.63, 3.8) is 0 Å². The van der Waals surface area contributed by atoms with Gasteiger partial charge in [-0.15, -0.1) is 5.10 Å². The third-order valence-corrected chi connectivity index (χ3v) is 5.74. The van der Waals surface area contributed by atoms with Crippen LogP contribution in [0.4, 0.5) is 5.69 Å². The number of fused-ring (bicyclic) bond motifs is 2. The van der Waals surface area contributed by atoms with Crippen LogP contribution < -0.4 is 10.9 Å². The molecule has 0 atom stereocenters. The first-order valence-corrected chi connectivity index (χ1v) is 10.4. The second kappa shape index (κ2) is 7.50. The fourth-order valence-corrected chi connectivity index (χ4v) is 4.09. The average molecular weight is 413 g/mol. The third-order valence-electron chi connectivity index (χ3n) is 5.74. The quantitative estimate of drug-likeness (QED) is 0.557. The van der Waals surface area contributed by atoms with Crippen LogP contribution in [-0.2, 0) is 24.2 Å². The Hall–Kier alpha value is -3.74. The van der Waals surface area contributed by atoms with Crippen molar-refractivity contribution in [3.05, 3.63) is 81.3 Å². The van der Waals surface area contributed by atoms with Gasteiger partial charge in [-0.3, -0.25) is 9.59 Å². The summed E-state index contributed by atoms with van der Waals surface area (Å²) in [5, 5.41) is 7.43. The number of nitrogens with zero attached hydrogens (tertiary/aromatic N) is 4. The van der Waals surface area contributed by atoms with Gasteiger partial charge in [0.1, 0.15) is 6.54 Å². The maximum Gasteiger partial charge on any atom is 0.279 e. The molecule has 1 N–H and O–H groups in total. The first-order valence-electron chi connectivity index (χ1n) is 10.4. The minimum atomic E-state index is -0.164. The number of carbonyl (C=O) groups excluding carboxylic acids is 1. The SMILES string of the molecule is Cc1ccc(NC(=O)Cn2c3c(c(=O)n4nc(-c5ccc(C)cc5)nc24)CCC3)cc1. The van der Waals surface area contributed by atoms with Crippen molar-refractivity contribution < 1.29 is 4.79 Å². The van der Waals surface area contributed by atoms with E-state index in [9.17, 15) is 9.59 Å². The maximum atomic E-state index is 13.0. The Kier molecular flexibility index (Phi) is 4.66. The second-order valence-electron chi connectivity index (χ2n) is 8.10. The Morgan fingerprint density at radius 2 is 1.68 bits per heavy atom. The highest BCUT2D eigenvalue weighted by atomic mass is 16.2. The van der Waals surface area contributed by atoms with Crippen molar-refractivity contribution in [2.24, 2.45) is 0 Å². The van der Waals surface area contributed by atoms with Gasteiger partial charge in [0, 0.05) is 22.5 Å². The molecule has 0 spiro atoms. The topological polar surface area (TPSA) is 81.3 Å². The molecule has 0 saturated heterocycles. The van der Waals surface area contributed by atoms with Crippen molar-refractivity contribution in [2.45, 2.75) is 39.7 Å². The summed E-state index contributed by atoms with van der Waals surface area (Å²) in [4.78, 5) is 30.5. The monoisotopic (exact) mass is 413 g/mol. The first-order chi connectivity index (χ1) is 15.0. The lowest BCUT2D eigenvalue weighted by molar-refractivity contribution is -0.116. The normalized spacial score (nSPS) is 12.8. The number of hydrogen-bond acceptors (Lipinski definition) is 4. The van der Waals surface area contributed by atoms with Gasteiger partial charge in [0.15, 0.2) is 5.82 Å². The molecular formula is C24H23N5O2. The van der Waals surface area contributed by atoms with E-state index in [4.69, 9.17) is 0 Å². The molecule has 0 unspecified atom stereocenters. The zero-order valence-electron chi connectivity index (χ0n) is 17.6. The summed E-state index contributed by atoms with van der Waals surface area (Å²) >= 11 is 0. The molecule has 156 valence electrons. The number of rotatable bonds is 4. The smallest absolute Gasteiger partial charge is 0.279 e. The number of benzene rings is 2. The highest BCUT2D eigenvalue weighted by Crippen LogP contribution is 2.23. The summed E-state index contributed by atoms with van der Waals surface area (Å²) in [6.07, 6.45) is 2.34. The van der Waals surface area contributed by atoms with Crippen LogP contribution in [0.25, 0.3) is 17.2 Å². The van der Waals surface area contributed by atoms with Crippen molar-refractivity contribution >= 4 is 17.4 Å². The number of hydrogen-bond donors (Lipinski definition) is 1. The molecule has 2 heterocycles. The van der Waals surface area contributed by atoms with E-state index < -0.39 is 0 Å². The van der Waals surface area contributed by atoms with E-state index in [1.54, 1.807) is 0 Å². The van der Waals surface area contributed by atoms with E-state index in [-0.39, 0.29) is 18.0 Å². The van der Waals surface area contributed by atoms with Crippen LogP contribution in [0, 0.1) is 13.8 Å². The number of aryl methyl sites for hydroxylation is 2. The number of anilines is 1. The first kappa shape index (κ1) is 19.2. The number of carbonyl (C=O) groups is 1. The summed E-state index contributed by atoms with van der Waals surface area (Å²) in [6.45, 7) is 4.09. The Morgan fingerprint density at radius 3 is 2.39 bits per heavy atom. The maximum absolute atomic E-state index is 13.0. The number of nitrogens with one attached hydrogen (secondary N) is 1. The molecule has 0 fully saturated rings. The lowest BCUT2D eigenvalue weighted by Crippen LogP contribution is -2.28. The molecule has 0 saturated carbocycles. The van der Waals surface area contributed by atoms with Crippen molar-refractivity contribution in [1.82, 2.24) is 19.2 Å². The Labute approximate surface area is 179 Å². The molecule has 2 aromatic carbocycles. The molecule has 1 aliphatic rings. The van der Waals surface area contributed by atoms with Crippen LogP contribution in [0.2, 0.25) is 0 Å². The van der Waals surface area contributed by atoms with E-state index in [0.29, 0.717) is 18.0 Å². The van der Waals surface area contributed by atoms with E-state index >= 15 is 0 Å². The number of aromatic nitrogens is 4. The summed E-state index contributed by atoms with van der Waals surface area (Å²) in [5.74, 6) is 0.720. The predicted octanol–water partition coefficient (Wildman–Crippen LogP) is 3.30. The largest absolute Gasteiger partial charge is 0.325 e. The van der Waals surface area contributed by atoms with Gasteiger partial charge in [-0.25, -0.2) is 0 Å². The number of amides is 1. The molecule has 4 aromatic rings. The zero-order valence-corrected chi connectivity index (χ0v) is 17.6. The molecule has 1 aliphatic carbocycles. The third kappa shape index (κ3) is 3.52. The highest BCUT2D eigenvalue weighted by molar-refractivity contribution is 5.90. The lowest BCUT2D eigenvalue weighted by Gasteiger charge is -2.14. The van der Waals surface area contributed by atoms with Crippen molar-refractivity contribution in [2.75, 3.05) is 5.32 Å². The standard InChI is InChI=1S/C24H23N5O2/c1-15-6-10-17(11-7-15)22-26-24-28(14-21(30)25-18-12-8-16(2)9-13-18)20-5-3-4-19(20)23(31)29(24)27-22/h6-13H,3-5,14H2,1-2H3,(H,25,30). The van der Waals surface area contributed by atoms with E-state index in [0.717, 1.165) is 46.5 Å². The van der Waals surface area contributed by atoms with Crippen LogP contribution in [0.1, 0.15) is 28.8 Å². The van der Waals surface area contributed by atoms with Crippen molar-refractivity contribution in [1.29, 1.82) is 0 Å². The second-order valence-corrected chi connectivity index (χ2v) is 8.10. The fourth-order valence-electron chi connectivity index (χ4n) is 4.09. The fraction of sp³-hybridized carbons (Fsp3) is 0.250. The van der Waals surface area contributed by atoms with E-state index in [2.05, 4.69) is 15.4 Å². The Bertz CT molecular complexity index is 1350. The molecule has 7 nitrogen and oxygen atoms in total. The molecule has 31 heavy (non-hydrogen) atoms. The predicted molar refractivity (Wildman–Crippen MR) is 119 cm³/mol. The minimum absolute atomic E-state index is 0.0754. The van der Waals surface area contributed by atoms with Gasteiger partial charge in [0.2, 0.25) is 11.7 Å². The summed E-state index contributed by atoms with van der Waals surface area (Å²) in [6, 6.07) is 15.5. The summed E-state index contributed by atoms with van der Waals surface area (Å²) < 4.78 is 3.19. The summed E-state index contributed by atoms with van der Waals surface area (Å²) in [7, 11) is 0. The van der Waals surface area contributed by atoms with E-state index in [1.807, 2.05) is 66.9 Å². The van der Waals surface area contributed by atoms with Gasteiger partial charge in [-0.2, -0.15) is 9.50 Å². The molecular weight excluding hydrogens is 390 g/mol. The average Bonchev–Trinajstić information content (AvgIpc) is 3.41. The Balaban J connectivity index is 1.56. The van der Waals surface area contributed by atoms with Crippen LogP contribution in [-0.4, -0.2) is 25.1 Å².